The molecule has 1 aromatic carbocycles. The SMILES string of the molecule is Cc1nc2nc(C(F)(F)F)c([C@H](C)Oc3ccc(C(=O)N4C[C@@H](C)O[C@@H](C)C4)cc3)cc2c(=O)n1C. The highest BCUT2D eigenvalue weighted by Crippen LogP contribution is 2.36. The van der Waals surface area contributed by atoms with E-state index in [0.717, 1.165) is 6.07 Å². The lowest BCUT2D eigenvalue weighted by atomic mass is 10.1. The monoisotopic (exact) mass is 504 g/mol. The zero-order valence-corrected chi connectivity index (χ0v) is 20.6. The van der Waals surface area contributed by atoms with Gasteiger partial charge in [-0.25, -0.2) is 9.97 Å². The Hall–Kier alpha value is -3.47. The van der Waals surface area contributed by atoms with Crippen LogP contribution in [0.4, 0.5) is 13.2 Å². The van der Waals surface area contributed by atoms with E-state index in [1.54, 1.807) is 17.0 Å². The van der Waals surface area contributed by atoms with Gasteiger partial charge in [0, 0.05) is 31.3 Å². The van der Waals surface area contributed by atoms with Crippen molar-refractivity contribution in [3.8, 4) is 5.75 Å². The number of hydrogen-bond donors (Lipinski definition) is 0. The minimum absolute atomic E-state index is 0.0311. The molecule has 8 nitrogen and oxygen atoms in total. The van der Waals surface area contributed by atoms with Gasteiger partial charge in [0.15, 0.2) is 11.3 Å². The second-order valence-corrected chi connectivity index (χ2v) is 9.07. The normalized spacial score (nSPS) is 19.4. The molecule has 4 rings (SSSR count). The Morgan fingerprint density at radius 2 is 1.75 bits per heavy atom. The molecule has 3 atom stereocenters. The van der Waals surface area contributed by atoms with Crippen LogP contribution < -0.4 is 10.3 Å². The summed E-state index contributed by atoms with van der Waals surface area (Å²) >= 11 is 0. The lowest BCUT2D eigenvalue weighted by Gasteiger charge is -2.35. The number of ether oxygens (including phenoxy) is 2. The van der Waals surface area contributed by atoms with Gasteiger partial charge in [-0.3, -0.25) is 14.2 Å². The molecule has 0 bridgehead atoms. The Balaban J connectivity index is 1.61. The number of aromatic nitrogens is 3. The Morgan fingerprint density at radius 3 is 2.33 bits per heavy atom. The number of carbonyl (C=O) groups excluding carboxylic acids is 1. The van der Waals surface area contributed by atoms with Gasteiger partial charge in [-0.2, -0.15) is 13.2 Å². The summed E-state index contributed by atoms with van der Waals surface area (Å²) < 4.78 is 54.2. The molecule has 0 radical (unpaired) electrons. The first-order valence-electron chi connectivity index (χ1n) is 11.5. The number of nitrogens with zero attached hydrogens (tertiary/aromatic N) is 4. The van der Waals surface area contributed by atoms with Crippen molar-refractivity contribution in [1.82, 2.24) is 19.4 Å². The summed E-state index contributed by atoms with van der Waals surface area (Å²) in [5, 5.41) is -0.0311. The number of benzene rings is 1. The second-order valence-electron chi connectivity index (χ2n) is 9.07. The molecule has 1 amide bonds. The first-order chi connectivity index (χ1) is 16.8. The van der Waals surface area contributed by atoms with Gasteiger partial charge in [-0.05, 0) is 58.0 Å². The highest BCUT2D eigenvalue weighted by atomic mass is 19.4. The number of morpholine rings is 1. The lowest BCUT2D eigenvalue weighted by Crippen LogP contribution is -2.48. The Bertz CT molecular complexity index is 1340. The molecule has 3 aromatic rings. The molecule has 1 aliphatic heterocycles. The van der Waals surface area contributed by atoms with Crippen LogP contribution in [-0.4, -0.2) is 50.6 Å². The average Bonchev–Trinajstić information content (AvgIpc) is 2.81. The minimum atomic E-state index is -4.78. The number of amides is 1. The number of fused-ring (bicyclic) bond motifs is 1. The van der Waals surface area contributed by atoms with Crippen LogP contribution in [0.2, 0.25) is 0 Å². The van der Waals surface area contributed by atoms with Crippen LogP contribution in [-0.2, 0) is 18.0 Å². The number of halogens is 3. The number of pyridine rings is 1. The van der Waals surface area contributed by atoms with Crippen molar-refractivity contribution in [1.29, 1.82) is 0 Å². The van der Waals surface area contributed by atoms with Gasteiger partial charge < -0.3 is 14.4 Å². The molecule has 3 heterocycles. The fourth-order valence-electron chi connectivity index (χ4n) is 4.32. The summed E-state index contributed by atoms with van der Waals surface area (Å²) in [4.78, 5) is 34.9. The summed E-state index contributed by atoms with van der Waals surface area (Å²) in [5.74, 6) is 0.361. The fraction of sp³-hybridized carbons (Fsp3) is 0.440. The molecule has 36 heavy (non-hydrogen) atoms. The van der Waals surface area contributed by atoms with Crippen LogP contribution in [0.3, 0.4) is 0 Å². The van der Waals surface area contributed by atoms with Gasteiger partial charge in [-0.1, -0.05) is 0 Å². The van der Waals surface area contributed by atoms with Crippen LogP contribution in [0, 0.1) is 6.92 Å². The highest BCUT2D eigenvalue weighted by molar-refractivity contribution is 5.94. The smallest absolute Gasteiger partial charge is 0.433 e. The number of aryl methyl sites for hydroxylation is 1. The molecule has 2 aromatic heterocycles. The van der Waals surface area contributed by atoms with Gasteiger partial charge in [0.05, 0.1) is 17.6 Å². The van der Waals surface area contributed by atoms with Crippen molar-refractivity contribution in [3.63, 3.8) is 0 Å². The molecule has 0 unspecified atom stereocenters. The maximum Gasteiger partial charge on any atom is 0.433 e. The lowest BCUT2D eigenvalue weighted by molar-refractivity contribution is -0.142. The van der Waals surface area contributed by atoms with Crippen LogP contribution in [0.15, 0.2) is 35.1 Å². The van der Waals surface area contributed by atoms with Gasteiger partial charge in [0.1, 0.15) is 17.7 Å². The van der Waals surface area contributed by atoms with E-state index in [1.165, 1.54) is 37.6 Å². The number of rotatable bonds is 4. The molecule has 11 heteroatoms. The van der Waals surface area contributed by atoms with Crippen LogP contribution >= 0.6 is 0 Å². The molecule has 1 aliphatic rings. The Kier molecular flexibility index (Phi) is 6.78. The van der Waals surface area contributed by atoms with Gasteiger partial charge in [0.2, 0.25) is 0 Å². The highest BCUT2D eigenvalue weighted by Gasteiger charge is 2.38. The van der Waals surface area contributed by atoms with Gasteiger partial charge in [-0.15, -0.1) is 0 Å². The summed E-state index contributed by atoms with van der Waals surface area (Å²) in [6.07, 6.45) is -6.02. The largest absolute Gasteiger partial charge is 0.486 e. The van der Waals surface area contributed by atoms with E-state index in [2.05, 4.69) is 9.97 Å². The van der Waals surface area contributed by atoms with Crippen molar-refractivity contribution in [3.05, 3.63) is 63.3 Å². The molecular weight excluding hydrogens is 477 g/mol. The molecular formula is C25H27F3N4O4. The third-order valence-corrected chi connectivity index (χ3v) is 6.15. The molecule has 0 aliphatic carbocycles. The van der Waals surface area contributed by atoms with Crippen molar-refractivity contribution in [2.45, 2.75) is 52.2 Å². The molecule has 1 saturated heterocycles. The van der Waals surface area contributed by atoms with Gasteiger partial charge in [0.25, 0.3) is 11.5 Å². The molecule has 1 fully saturated rings. The van der Waals surface area contributed by atoms with Crippen LogP contribution in [0.5, 0.6) is 5.75 Å². The summed E-state index contributed by atoms with van der Waals surface area (Å²) in [6.45, 7) is 7.71. The quantitative estimate of drug-likeness (QED) is 0.533. The Morgan fingerprint density at radius 1 is 1.14 bits per heavy atom. The average molecular weight is 505 g/mol. The second kappa shape index (κ2) is 9.53. The van der Waals surface area contributed by atoms with Crippen molar-refractivity contribution < 1.29 is 27.4 Å². The number of hydrogen-bond acceptors (Lipinski definition) is 6. The molecule has 0 N–H and O–H groups in total. The van der Waals surface area contributed by atoms with Crippen molar-refractivity contribution in [2.75, 3.05) is 13.1 Å². The van der Waals surface area contributed by atoms with Crippen LogP contribution in [0.25, 0.3) is 11.0 Å². The zero-order valence-electron chi connectivity index (χ0n) is 20.6. The first kappa shape index (κ1) is 25.6. The molecule has 0 saturated carbocycles. The summed E-state index contributed by atoms with van der Waals surface area (Å²) in [6, 6.07) is 7.34. The van der Waals surface area contributed by atoms with Gasteiger partial charge >= 0.3 is 6.18 Å². The van der Waals surface area contributed by atoms with E-state index in [1.807, 2.05) is 13.8 Å². The Labute approximate surface area is 205 Å². The topological polar surface area (TPSA) is 86.6 Å². The van der Waals surface area contributed by atoms with Crippen LogP contribution in [0.1, 0.15) is 54.3 Å². The standard InChI is InChI=1S/C25H27F3N4O4/c1-13-11-32(12-14(2)35-13)23(33)17-6-8-18(9-7-17)36-15(3)19-10-20-22(30-21(19)25(26,27)28)29-16(4)31(5)24(20)34/h6-10,13-15H,11-12H2,1-5H3/t13-,14+,15-/m0/s1. The minimum Gasteiger partial charge on any atom is -0.486 e. The molecule has 0 spiro atoms. The predicted octanol–water partition coefficient (Wildman–Crippen LogP) is 4.05. The van der Waals surface area contributed by atoms with E-state index in [0.29, 0.717) is 18.7 Å². The maximum absolute atomic E-state index is 13.8. The van der Waals surface area contributed by atoms with E-state index in [4.69, 9.17) is 9.47 Å². The predicted molar refractivity (Wildman–Crippen MR) is 126 cm³/mol. The van der Waals surface area contributed by atoms with E-state index in [-0.39, 0.29) is 46.3 Å². The van der Waals surface area contributed by atoms with E-state index < -0.39 is 23.5 Å². The third-order valence-electron chi connectivity index (χ3n) is 6.15. The summed E-state index contributed by atoms with van der Waals surface area (Å²) in [5.41, 5.74) is -1.78. The van der Waals surface area contributed by atoms with E-state index in [9.17, 15) is 22.8 Å². The number of alkyl halides is 3. The maximum atomic E-state index is 13.8. The number of carbonyl (C=O) groups is 1. The fourth-order valence-corrected chi connectivity index (χ4v) is 4.32. The van der Waals surface area contributed by atoms with E-state index >= 15 is 0 Å². The summed E-state index contributed by atoms with van der Waals surface area (Å²) in [7, 11) is 1.49. The van der Waals surface area contributed by atoms with Crippen molar-refractivity contribution >= 4 is 16.9 Å². The first-order valence-corrected chi connectivity index (χ1v) is 11.5. The molecule has 192 valence electrons. The van der Waals surface area contributed by atoms with Crippen molar-refractivity contribution in [2.24, 2.45) is 7.05 Å². The third kappa shape index (κ3) is 5.06. The zero-order chi connectivity index (χ0) is 26.4.